The highest BCUT2D eigenvalue weighted by atomic mass is 32.2. The second kappa shape index (κ2) is 9.89. The van der Waals surface area contributed by atoms with Crippen LogP contribution in [0.4, 0.5) is 0 Å². The number of amides is 1. The van der Waals surface area contributed by atoms with Crippen LogP contribution in [-0.4, -0.2) is 38.5 Å². The van der Waals surface area contributed by atoms with E-state index in [0.717, 1.165) is 40.3 Å². The van der Waals surface area contributed by atoms with Crippen molar-refractivity contribution in [1.29, 1.82) is 0 Å². The van der Waals surface area contributed by atoms with Crippen LogP contribution in [0.5, 0.6) is 0 Å². The lowest BCUT2D eigenvalue weighted by atomic mass is 10.1. The number of fused-ring (bicyclic) bond motifs is 1. The molecular formula is C23H27N5OS. The number of para-hydroxylation sites is 1. The molecule has 0 spiro atoms. The zero-order valence-corrected chi connectivity index (χ0v) is 18.1. The predicted octanol–water partition coefficient (Wildman–Crippen LogP) is 4.43. The van der Waals surface area contributed by atoms with Gasteiger partial charge >= 0.3 is 0 Å². The highest BCUT2D eigenvalue weighted by Gasteiger charge is 2.23. The Labute approximate surface area is 181 Å². The molecule has 4 rings (SSSR count). The van der Waals surface area contributed by atoms with E-state index in [1.54, 1.807) is 24.0 Å². The smallest absolute Gasteiger partial charge is 0.244 e. The van der Waals surface area contributed by atoms with Crippen molar-refractivity contribution in [2.75, 3.05) is 12.8 Å². The summed E-state index contributed by atoms with van der Waals surface area (Å²) < 4.78 is 2.33. The van der Waals surface area contributed by atoms with Crippen molar-refractivity contribution >= 4 is 34.6 Å². The quantitative estimate of drug-likeness (QED) is 0.331. The lowest BCUT2D eigenvalue weighted by Crippen LogP contribution is -2.23. The molecule has 0 bridgehead atoms. The minimum absolute atomic E-state index is 0.0926. The predicted molar refractivity (Wildman–Crippen MR) is 121 cm³/mol. The lowest BCUT2D eigenvalue weighted by Gasteiger charge is -2.16. The van der Waals surface area contributed by atoms with E-state index in [0.29, 0.717) is 12.6 Å². The Bertz CT molecular complexity index is 1030. The van der Waals surface area contributed by atoms with Crippen molar-refractivity contribution in [2.45, 2.75) is 49.7 Å². The third-order valence-corrected chi connectivity index (χ3v) is 6.21. The number of nitrogens with one attached hydrogen (secondary N) is 1. The largest absolute Gasteiger partial charge is 0.353 e. The van der Waals surface area contributed by atoms with Crippen molar-refractivity contribution in [3.05, 3.63) is 54.0 Å². The number of carbonyl (C=O) groups excluding carboxylic acids is 1. The first-order valence-electron chi connectivity index (χ1n) is 10.5. The number of pyridine rings is 1. The van der Waals surface area contributed by atoms with Crippen LogP contribution in [-0.2, 0) is 11.2 Å². The van der Waals surface area contributed by atoms with Gasteiger partial charge in [0.1, 0.15) is 5.82 Å². The first kappa shape index (κ1) is 20.6. The molecule has 1 fully saturated rings. The minimum atomic E-state index is -0.0926. The van der Waals surface area contributed by atoms with Gasteiger partial charge in [-0.25, -0.2) is 0 Å². The first-order chi connectivity index (χ1) is 14.8. The molecule has 0 saturated heterocycles. The van der Waals surface area contributed by atoms with Gasteiger partial charge in [-0.3, -0.25) is 9.78 Å². The highest BCUT2D eigenvalue weighted by Crippen LogP contribution is 2.33. The van der Waals surface area contributed by atoms with Gasteiger partial charge in [-0.1, -0.05) is 48.9 Å². The standard InChI is InChI=1S/C23H27N5OS/c1-30-23-27-26-20(28(23)19-10-2-3-11-19)12-6-15-24-21(29)14-13-18-8-4-7-17-9-5-16-25-22(17)18/h4-5,7-9,13-14,16,19H,2-3,6,10-12,15H2,1H3,(H,24,29)/b14-13+. The molecule has 1 saturated carbocycles. The van der Waals surface area contributed by atoms with Gasteiger partial charge in [-0.2, -0.15) is 0 Å². The fraction of sp³-hybridized carbons (Fsp3) is 0.391. The van der Waals surface area contributed by atoms with Crippen LogP contribution in [0.1, 0.15) is 49.5 Å². The van der Waals surface area contributed by atoms with Crippen LogP contribution in [0, 0.1) is 0 Å². The van der Waals surface area contributed by atoms with Crippen molar-refractivity contribution in [1.82, 2.24) is 25.1 Å². The number of aryl methyl sites for hydroxylation is 1. The van der Waals surface area contributed by atoms with E-state index in [1.165, 1.54) is 25.7 Å². The Morgan fingerprint density at radius 1 is 1.23 bits per heavy atom. The molecule has 2 heterocycles. The molecule has 0 aliphatic heterocycles. The third kappa shape index (κ3) is 4.73. The van der Waals surface area contributed by atoms with Gasteiger partial charge in [0.15, 0.2) is 5.16 Å². The van der Waals surface area contributed by atoms with Gasteiger partial charge in [0.05, 0.1) is 5.52 Å². The molecule has 0 radical (unpaired) electrons. The van der Waals surface area contributed by atoms with E-state index in [-0.39, 0.29) is 5.91 Å². The zero-order chi connectivity index (χ0) is 20.8. The summed E-state index contributed by atoms with van der Waals surface area (Å²) in [5.74, 6) is 0.947. The van der Waals surface area contributed by atoms with Gasteiger partial charge in [-0.05, 0) is 37.7 Å². The monoisotopic (exact) mass is 421 g/mol. The Kier molecular flexibility index (Phi) is 6.79. The number of hydrogen-bond donors (Lipinski definition) is 1. The fourth-order valence-electron chi connectivity index (χ4n) is 4.09. The van der Waals surface area contributed by atoms with E-state index in [2.05, 4.69) is 31.3 Å². The molecule has 1 amide bonds. The molecule has 30 heavy (non-hydrogen) atoms. The highest BCUT2D eigenvalue weighted by molar-refractivity contribution is 7.98. The summed E-state index contributed by atoms with van der Waals surface area (Å²) in [5.41, 5.74) is 1.84. The number of rotatable bonds is 8. The number of hydrogen-bond acceptors (Lipinski definition) is 5. The molecule has 3 aromatic rings. The van der Waals surface area contributed by atoms with Gasteiger partial charge in [0.2, 0.25) is 5.91 Å². The van der Waals surface area contributed by atoms with Crippen molar-refractivity contribution in [3.63, 3.8) is 0 Å². The van der Waals surface area contributed by atoms with Crippen LogP contribution in [0.3, 0.4) is 0 Å². The van der Waals surface area contributed by atoms with Gasteiger partial charge in [0.25, 0.3) is 0 Å². The molecule has 2 aromatic heterocycles. The SMILES string of the molecule is CSc1nnc(CCCNC(=O)/C=C/c2cccc3cccnc23)n1C1CCCC1. The molecule has 1 aliphatic carbocycles. The molecule has 156 valence electrons. The summed E-state index contributed by atoms with van der Waals surface area (Å²) >= 11 is 1.66. The molecule has 1 aliphatic rings. The Hall–Kier alpha value is -2.67. The molecule has 6 nitrogen and oxygen atoms in total. The van der Waals surface area contributed by atoms with Gasteiger partial charge < -0.3 is 9.88 Å². The van der Waals surface area contributed by atoms with E-state index >= 15 is 0 Å². The minimum Gasteiger partial charge on any atom is -0.353 e. The van der Waals surface area contributed by atoms with Crippen molar-refractivity contribution in [2.24, 2.45) is 0 Å². The second-order valence-corrected chi connectivity index (χ2v) is 8.33. The maximum absolute atomic E-state index is 12.2. The summed E-state index contributed by atoms with van der Waals surface area (Å²) in [6.07, 6.45) is 13.9. The van der Waals surface area contributed by atoms with Crippen molar-refractivity contribution in [3.8, 4) is 0 Å². The summed E-state index contributed by atoms with van der Waals surface area (Å²) in [4.78, 5) is 16.7. The first-order valence-corrected chi connectivity index (χ1v) is 11.8. The molecule has 1 N–H and O–H groups in total. The van der Waals surface area contributed by atoms with Gasteiger partial charge in [-0.15, -0.1) is 10.2 Å². The Morgan fingerprint density at radius 3 is 2.90 bits per heavy atom. The van der Waals surface area contributed by atoms with Gasteiger partial charge in [0, 0.05) is 42.2 Å². The topological polar surface area (TPSA) is 72.7 Å². The molecule has 7 heteroatoms. The third-order valence-electron chi connectivity index (χ3n) is 5.56. The maximum Gasteiger partial charge on any atom is 0.244 e. The van der Waals surface area contributed by atoms with Crippen LogP contribution in [0.2, 0.25) is 0 Å². The summed E-state index contributed by atoms with van der Waals surface area (Å²) in [7, 11) is 0. The summed E-state index contributed by atoms with van der Waals surface area (Å²) in [6, 6.07) is 10.4. The average molecular weight is 422 g/mol. The number of carbonyl (C=O) groups is 1. The average Bonchev–Trinajstić information content (AvgIpc) is 3.44. The fourth-order valence-corrected chi connectivity index (χ4v) is 4.66. The number of aromatic nitrogens is 4. The maximum atomic E-state index is 12.2. The Balaban J connectivity index is 1.30. The normalized spacial score (nSPS) is 14.7. The van der Waals surface area contributed by atoms with Crippen LogP contribution in [0.15, 0.2) is 47.8 Å². The summed E-state index contributed by atoms with van der Waals surface area (Å²) in [6.45, 7) is 0.614. The number of nitrogens with zero attached hydrogens (tertiary/aromatic N) is 4. The summed E-state index contributed by atoms with van der Waals surface area (Å²) in [5, 5.41) is 13.8. The van der Waals surface area contributed by atoms with Crippen molar-refractivity contribution < 1.29 is 4.79 Å². The number of benzene rings is 1. The van der Waals surface area contributed by atoms with Crippen LogP contribution >= 0.6 is 11.8 Å². The second-order valence-electron chi connectivity index (χ2n) is 7.56. The van der Waals surface area contributed by atoms with E-state index in [9.17, 15) is 4.79 Å². The van der Waals surface area contributed by atoms with E-state index in [1.807, 2.05) is 36.4 Å². The molecule has 1 aromatic carbocycles. The van der Waals surface area contributed by atoms with E-state index in [4.69, 9.17) is 0 Å². The molecule has 0 atom stereocenters. The van der Waals surface area contributed by atoms with E-state index < -0.39 is 0 Å². The molecule has 0 unspecified atom stereocenters. The van der Waals surface area contributed by atoms with Crippen LogP contribution < -0.4 is 5.32 Å². The zero-order valence-electron chi connectivity index (χ0n) is 17.3. The van der Waals surface area contributed by atoms with Crippen LogP contribution in [0.25, 0.3) is 17.0 Å². The number of thioether (sulfide) groups is 1. The lowest BCUT2D eigenvalue weighted by molar-refractivity contribution is -0.116. The Morgan fingerprint density at radius 2 is 2.07 bits per heavy atom. The molecular weight excluding hydrogens is 394 g/mol.